The van der Waals surface area contributed by atoms with Gasteiger partial charge in [0.15, 0.2) is 0 Å². The third-order valence-electron chi connectivity index (χ3n) is 5.59. The second-order valence-corrected chi connectivity index (χ2v) is 17.1. The van der Waals surface area contributed by atoms with Crippen LogP contribution in [0.5, 0.6) is 11.5 Å². The van der Waals surface area contributed by atoms with Crippen LogP contribution < -0.4 is 8.70 Å². The molecular weight excluding hydrogens is 758 g/mol. The average molecular weight is 776 g/mol. The Morgan fingerprint density at radius 2 is 1.20 bits per heavy atom. The van der Waals surface area contributed by atoms with Crippen molar-refractivity contribution in [3.8, 4) is 11.5 Å². The quantitative estimate of drug-likeness (QED) is 0.0285. The third kappa shape index (κ3) is 7.29. The number of benzene rings is 4. The second-order valence-electron chi connectivity index (χ2n) is 8.41. The molecule has 8 N–H and O–H groups in total. The number of nitrogens with zero attached hydrogens (tertiary/aromatic N) is 4. The number of phenols is 2. The van der Waals surface area contributed by atoms with Gasteiger partial charge in [0.1, 0.15) is 0 Å². The summed E-state index contributed by atoms with van der Waals surface area (Å²) in [6.07, 6.45) is 0. The number of phenolic OH excluding ortho intramolecular Hbond substituents is 2. The fourth-order valence-electron chi connectivity index (χ4n) is 3.76. The Kier molecular flexibility index (Phi) is 9.86. The molecule has 18 nitrogen and oxygen atoms in total. The van der Waals surface area contributed by atoms with Gasteiger partial charge in [0, 0.05) is 0 Å². The monoisotopic (exact) mass is 776 g/mol. The normalized spacial score (nSPS) is 13.0. The van der Waals surface area contributed by atoms with Crippen molar-refractivity contribution in [3.63, 3.8) is 0 Å². The second kappa shape index (κ2) is 12.9. The van der Waals surface area contributed by atoms with E-state index in [1.807, 2.05) is 0 Å². The molecule has 0 atom stereocenters. The summed E-state index contributed by atoms with van der Waals surface area (Å²) in [6.45, 7) is 0. The molecule has 0 aliphatic carbocycles. The van der Waals surface area contributed by atoms with Gasteiger partial charge in [0.2, 0.25) is 0 Å². The molecule has 0 fully saturated rings. The summed E-state index contributed by atoms with van der Waals surface area (Å²) in [5.41, 5.74) is -2.17. The topological polar surface area (TPSA) is 298 Å². The van der Waals surface area contributed by atoms with Crippen molar-refractivity contribution >= 4 is 92.7 Å². The Labute approximate surface area is 255 Å². The van der Waals surface area contributed by atoms with E-state index in [1.54, 1.807) is 0 Å². The van der Waals surface area contributed by atoms with Crippen LogP contribution in [-0.4, -0.2) is 73.2 Å². The molecule has 232 valence electrons. The minimum atomic E-state index is -5.57. The molecule has 4 rings (SSSR count). The number of hydrogen-bond acceptors (Lipinski definition) is 14. The number of fused-ring (bicyclic) bond motifs is 1. The molecule has 0 saturated heterocycles. The van der Waals surface area contributed by atoms with Crippen molar-refractivity contribution < 1.29 is 61.7 Å². The first kappa shape index (κ1) is 33.5. The molecule has 0 radical (unpaired) electrons. The zero-order valence-electron chi connectivity index (χ0n) is 21.3. The van der Waals surface area contributed by atoms with Crippen LogP contribution in [0.3, 0.4) is 0 Å². The maximum atomic E-state index is 12.2. The molecule has 0 amide bonds. The van der Waals surface area contributed by atoms with Crippen LogP contribution >= 0.6 is 12.0 Å². The first-order valence-corrected chi connectivity index (χ1v) is 20.3. The van der Waals surface area contributed by atoms with Gasteiger partial charge in [0.05, 0.1) is 0 Å². The summed E-state index contributed by atoms with van der Waals surface area (Å²) in [6, 6.07) is 11.7. The first-order chi connectivity index (χ1) is 20.5. The predicted octanol–water partition coefficient (Wildman–Crippen LogP) is 1.88. The van der Waals surface area contributed by atoms with Crippen LogP contribution in [0.25, 0.3) is 10.8 Å². The van der Waals surface area contributed by atoms with E-state index in [2.05, 4.69) is 29.8 Å². The van der Waals surface area contributed by atoms with E-state index >= 15 is 0 Å². The SMILES string of the molecule is O=S(=O)(O)c1cc2cc(SOOO)c(N=Nc3ccccc3[As](=O)(O)O)c(O)c2c(O)c1N=Nc1ccccc1[As](=O)(O)O. The van der Waals surface area contributed by atoms with Crippen molar-refractivity contribution in [2.24, 2.45) is 20.5 Å². The summed E-state index contributed by atoms with van der Waals surface area (Å²) in [5, 5.41) is 48.4. The minimum absolute atomic E-state index is 0.212. The molecule has 0 aliphatic heterocycles. The van der Waals surface area contributed by atoms with Gasteiger partial charge in [0.25, 0.3) is 0 Å². The van der Waals surface area contributed by atoms with Gasteiger partial charge in [-0.05, 0) is 0 Å². The van der Waals surface area contributed by atoms with E-state index in [9.17, 15) is 47.0 Å². The summed E-state index contributed by atoms with van der Waals surface area (Å²) >= 11 is -10.9. The van der Waals surface area contributed by atoms with E-state index in [-0.39, 0.29) is 28.0 Å². The van der Waals surface area contributed by atoms with E-state index in [1.165, 1.54) is 30.3 Å². The molecule has 0 unspecified atom stereocenters. The number of azo groups is 2. The van der Waals surface area contributed by atoms with Crippen LogP contribution in [-0.2, 0) is 27.0 Å². The fourth-order valence-corrected chi connectivity index (χ4v) is 7.85. The predicted molar refractivity (Wildman–Crippen MR) is 150 cm³/mol. The number of hydrogen-bond donors (Lipinski definition) is 8. The summed E-state index contributed by atoms with van der Waals surface area (Å²) in [4.78, 5) is -1.29. The van der Waals surface area contributed by atoms with Crippen LogP contribution in [0.15, 0.2) is 90.9 Å². The Morgan fingerprint density at radius 1 is 0.727 bits per heavy atom. The van der Waals surface area contributed by atoms with Crippen molar-refractivity contribution in [2.45, 2.75) is 9.79 Å². The zero-order chi connectivity index (χ0) is 32.4. The maximum absolute atomic E-state index is 12.2. The number of rotatable bonds is 10. The van der Waals surface area contributed by atoms with Gasteiger partial charge in [-0.25, -0.2) is 0 Å². The van der Waals surface area contributed by atoms with Crippen LogP contribution in [0, 0.1) is 0 Å². The van der Waals surface area contributed by atoms with Gasteiger partial charge in [-0.3, -0.25) is 0 Å². The molecule has 4 aromatic rings. The molecule has 22 heteroatoms. The van der Waals surface area contributed by atoms with E-state index in [0.29, 0.717) is 0 Å². The summed E-state index contributed by atoms with van der Waals surface area (Å²) in [5.74, 6) is -2.02. The van der Waals surface area contributed by atoms with Crippen molar-refractivity contribution in [1.29, 1.82) is 0 Å². The Hall–Kier alpha value is -3.36. The zero-order valence-corrected chi connectivity index (χ0v) is 26.7. The van der Waals surface area contributed by atoms with Crippen molar-refractivity contribution in [3.05, 3.63) is 60.7 Å². The van der Waals surface area contributed by atoms with Gasteiger partial charge in [-0.15, -0.1) is 0 Å². The van der Waals surface area contributed by atoms with E-state index < -0.39 is 86.0 Å². The van der Waals surface area contributed by atoms with Gasteiger partial charge in [-0.1, -0.05) is 0 Å². The molecule has 0 aromatic heterocycles. The molecule has 0 aliphatic rings. The van der Waals surface area contributed by atoms with Gasteiger partial charge >= 0.3 is 257 Å². The molecule has 0 spiro atoms. The molecule has 0 saturated carbocycles. The van der Waals surface area contributed by atoms with Gasteiger partial charge < -0.3 is 0 Å². The number of aromatic hydroxyl groups is 2. The standard InChI is InChI=1S/C22H18As2N4O14S2/c29-21-18-11(9-16(43-42-41-37)19(21)27-25-14-7-3-1-5-12(14)23(31,32)33)10-17(44(38,39)40)20(22(18)30)28-26-15-8-4-2-6-13(15)24(34,35)36/h1-10,29-30,37H,(H2,31,32,33)(H2,34,35,36)(H,38,39,40). The molecule has 44 heavy (non-hydrogen) atoms. The van der Waals surface area contributed by atoms with Crippen LogP contribution in [0.4, 0.5) is 22.7 Å². The van der Waals surface area contributed by atoms with Crippen molar-refractivity contribution in [2.75, 3.05) is 0 Å². The van der Waals surface area contributed by atoms with E-state index in [0.717, 1.165) is 30.3 Å². The molecule has 0 heterocycles. The summed E-state index contributed by atoms with van der Waals surface area (Å²) < 4.78 is 100. The Balaban J connectivity index is 2.00. The average Bonchev–Trinajstić information content (AvgIpc) is 2.93. The van der Waals surface area contributed by atoms with Crippen LogP contribution in [0.2, 0.25) is 0 Å². The van der Waals surface area contributed by atoms with E-state index in [4.69, 9.17) is 5.26 Å². The summed E-state index contributed by atoms with van der Waals surface area (Å²) in [7, 11) is -5.17. The molecular formula is C22H18As2N4O14S2. The molecule has 0 bridgehead atoms. The Bertz CT molecular complexity index is 2030. The first-order valence-electron chi connectivity index (χ1n) is 11.4. The third-order valence-corrected chi connectivity index (χ3v) is 11.3. The van der Waals surface area contributed by atoms with Gasteiger partial charge in [-0.2, -0.15) is 0 Å². The Morgan fingerprint density at radius 3 is 1.68 bits per heavy atom. The van der Waals surface area contributed by atoms with Crippen LogP contribution in [0.1, 0.15) is 0 Å². The molecule has 4 aromatic carbocycles. The van der Waals surface area contributed by atoms with Crippen molar-refractivity contribution in [1.82, 2.24) is 0 Å². The fraction of sp³-hybridized carbons (Fsp3) is 0.